The summed E-state index contributed by atoms with van der Waals surface area (Å²) >= 11 is 0. The van der Waals surface area contributed by atoms with Crippen LogP contribution in [0.5, 0.6) is 5.75 Å². The predicted molar refractivity (Wildman–Crippen MR) is 88.6 cm³/mol. The van der Waals surface area contributed by atoms with E-state index >= 15 is 0 Å². The van der Waals surface area contributed by atoms with E-state index in [1.807, 2.05) is 49.1 Å². The van der Waals surface area contributed by atoms with E-state index in [0.717, 1.165) is 19.3 Å². The predicted octanol–water partition coefficient (Wildman–Crippen LogP) is 3.33. The molecule has 1 aromatic heterocycles. The van der Waals surface area contributed by atoms with Crippen molar-refractivity contribution in [3.8, 4) is 5.75 Å². The van der Waals surface area contributed by atoms with Gasteiger partial charge in [-0.05, 0) is 31.4 Å². The first-order valence-electron chi connectivity index (χ1n) is 8.46. The van der Waals surface area contributed by atoms with Gasteiger partial charge >= 0.3 is 0 Å². The van der Waals surface area contributed by atoms with Crippen molar-refractivity contribution in [3.05, 3.63) is 42.0 Å². The van der Waals surface area contributed by atoms with Gasteiger partial charge in [0.05, 0.1) is 0 Å². The first kappa shape index (κ1) is 16.5. The van der Waals surface area contributed by atoms with Crippen molar-refractivity contribution >= 4 is 5.91 Å². The minimum atomic E-state index is -0.148. The topological polar surface area (TPSA) is 68.5 Å². The Morgan fingerprint density at radius 3 is 2.83 bits per heavy atom. The second kappa shape index (κ2) is 7.47. The molecule has 3 rings (SSSR count). The fourth-order valence-electron chi connectivity index (χ4n) is 2.85. The summed E-state index contributed by atoms with van der Waals surface area (Å²) in [5.41, 5.74) is 0. The van der Waals surface area contributed by atoms with Gasteiger partial charge in [0, 0.05) is 12.5 Å². The van der Waals surface area contributed by atoms with Crippen molar-refractivity contribution in [2.24, 2.45) is 0 Å². The zero-order chi connectivity index (χ0) is 16.9. The summed E-state index contributed by atoms with van der Waals surface area (Å²) < 4.78 is 11.0. The number of ether oxygens (including phenoxy) is 1. The molecule has 128 valence electrons. The number of para-hydroxylation sites is 1. The quantitative estimate of drug-likeness (QED) is 0.841. The largest absolute Gasteiger partial charge is 0.484 e. The molecule has 1 atom stereocenters. The fraction of sp³-hybridized carbons (Fsp3) is 0.500. The lowest BCUT2D eigenvalue weighted by Crippen LogP contribution is -2.41. The highest BCUT2D eigenvalue weighted by atomic mass is 16.5. The van der Waals surface area contributed by atoms with Crippen molar-refractivity contribution < 1.29 is 14.1 Å². The van der Waals surface area contributed by atoms with Crippen molar-refractivity contribution in [1.82, 2.24) is 15.0 Å². The normalized spacial score (nSPS) is 18.0. The monoisotopic (exact) mass is 329 g/mol. The molecule has 1 aromatic carbocycles. The Hall–Kier alpha value is -2.37. The molecule has 24 heavy (non-hydrogen) atoms. The van der Waals surface area contributed by atoms with E-state index in [1.165, 1.54) is 0 Å². The second-order valence-corrected chi connectivity index (χ2v) is 6.35. The van der Waals surface area contributed by atoms with Crippen LogP contribution in [-0.4, -0.2) is 34.1 Å². The first-order chi connectivity index (χ1) is 11.6. The van der Waals surface area contributed by atoms with Crippen LogP contribution in [0.15, 0.2) is 34.9 Å². The van der Waals surface area contributed by atoms with Gasteiger partial charge in [-0.2, -0.15) is 4.98 Å². The van der Waals surface area contributed by atoms with Crippen molar-refractivity contribution in [3.63, 3.8) is 0 Å². The third-order valence-electron chi connectivity index (χ3n) is 4.19. The standard InChI is InChI=1S/C18H23N3O3/c1-13(2)17-19-18(24-20-17)15-10-6-7-11-21(15)16(22)12-23-14-8-4-3-5-9-14/h3-5,8-9,13,15H,6-7,10-12H2,1-2H3/t15-/m0/s1. The van der Waals surface area contributed by atoms with Gasteiger partial charge in [-0.15, -0.1) is 0 Å². The van der Waals surface area contributed by atoms with E-state index in [4.69, 9.17) is 9.26 Å². The lowest BCUT2D eigenvalue weighted by atomic mass is 10.0. The highest BCUT2D eigenvalue weighted by Gasteiger charge is 2.32. The van der Waals surface area contributed by atoms with E-state index in [1.54, 1.807) is 0 Å². The van der Waals surface area contributed by atoms with E-state index in [9.17, 15) is 4.79 Å². The number of hydrogen-bond acceptors (Lipinski definition) is 5. The van der Waals surface area contributed by atoms with Crippen LogP contribution in [0.4, 0.5) is 0 Å². The van der Waals surface area contributed by atoms with Crippen LogP contribution in [0.25, 0.3) is 0 Å². The summed E-state index contributed by atoms with van der Waals surface area (Å²) in [6.07, 6.45) is 2.88. The average Bonchev–Trinajstić information content (AvgIpc) is 3.11. The zero-order valence-corrected chi connectivity index (χ0v) is 14.1. The Bertz CT molecular complexity index is 669. The number of aromatic nitrogens is 2. The van der Waals surface area contributed by atoms with Crippen LogP contribution in [-0.2, 0) is 4.79 Å². The Morgan fingerprint density at radius 1 is 1.33 bits per heavy atom. The minimum absolute atomic E-state index is 0.0195. The summed E-state index contributed by atoms with van der Waals surface area (Å²) in [7, 11) is 0. The second-order valence-electron chi connectivity index (χ2n) is 6.35. The molecule has 0 radical (unpaired) electrons. The lowest BCUT2D eigenvalue weighted by Gasteiger charge is -2.33. The first-order valence-corrected chi connectivity index (χ1v) is 8.46. The summed E-state index contributed by atoms with van der Waals surface area (Å²) in [5, 5.41) is 4.02. The van der Waals surface area contributed by atoms with Crippen LogP contribution >= 0.6 is 0 Å². The number of nitrogens with zero attached hydrogens (tertiary/aromatic N) is 3. The molecule has 2 heterocycles. The number of likely N-dealkylation sites (tertiary alicyclic amines) is 1. The Kier molecular flexibility index (Phi) is 5.13. The number of benzene rings is 1. The molecular weight excluding hydrogens is 306 g/mol. The SMILES string of the molecule is CC(C)c1noc([C@@H]2CCCCN2C(=O)COc2ccccc2)n1. The number of carbonyl (C=O) groups excluding carboxylic acids is 1. The third-order valence-corrected chi connectivity index (χ3v) is 4.19. The molecule has 6 nitrogen and oxygen atoms in total. The van der Waals surface area contributed by atoms with E-state index in [0.29, 0.717) is 24.0 Å². The van der Waals surface area contributed by atoms with E-state index in [2.05, 4.69) is 10.1 Å². The maximum absolute atomic E-state index is 12.6. The fourth-order valence-corrected chi connectivity index (χ4v) is 2.85. The van der Waals surface area contributed by atoms with Gasteiger partial charge in [0.25, 0.3) is 5.91 Å². The maximum atomic E-state index is 12.6. The molecule has 0 unspecified atom stereocenters. The van der Waals surface area contributed by atoms with Gasteiger partial charge in [-0.1, -0.05) is 37.2 Å². The molecule has 1 aliphatic heterocycles. The molecule has 0 bridgehead atoms. The van der Waals surface area contributed by atoms with Gasteiger partial charge in [0.1, 0.15) is 11.8 Å². The van der Waals surface area contributed by atoms with Gasteiger partial charge in [0.2, 0.25) is 5.89 Å². The number of amides is 1. The Morgan fingerprint density at radius 2 is 2.12 bits per heavy atom. The molecule has 2 aromatic rings. The Balaban J connectivity index is 1.68. The molecule has 0 aliphatic carbocycles. The summed E-state index contributed by atoms with van der Waals surface area (Å²) in [4.78, 5) is 18.9. The van der Waals surface area contributed by atoms with Gasteiger partial charge < -0.3 is 14.2 Å². The molecule has 0 saturated carbocycles. The van der Waals surface area contributed by atoms with Crippen LogP contribution < -0.4 is 4.74 Å². The van der Waals surface area contributed by atoms with Crippen molar-refractivity contribution in [1.29, 1.82) is 0 Å². The van der Waals surface area contributed by atoms with Crippen LogP contribution in [0.3, 0.4) is 0 Å². The molecule has 1 amide bonds. The maximum Gasteiger partial charge on any atom is 0.261 e. The number of piperidine rings is 1. The molecule has 1 saturated heterocycles. The molecule has 6 heteroatoms. The lowest BCUT2D eigenvalue weighted by molar-refractivity contribution is -0.138. The smallest absolute Gasteiger partial charge is 0.261 e. The minimum Gasteiger partial charge on any atom is -0.484 e. The summed E-state index contributed by atoms with van der Waals surface area (Å²) in [5.74, 6) is 2.07. The highest BCUT2D eigenvalue weighted by Crippen LogP contribution is 2.30. The van der Waals surface area contributed by atoms with Crippen LogP contribution in [0.2, 0.25) is 0 Å². The number of hydrogen-bond donors (Lipinski definition) is 0. The van der Waals surface area contributed by atoms with E-state index in [-0.39, 0.29) is 24.5 Å². The van der Waals surface area contributed by atoms with Gasteiger partial charge in [-0.3, -0.25) is 4.79 Å². The molecular formula is C18H23N3O3. The van der Waals surface area contributed by atoms with Gasteiger partial charge in [0.15, 0.2) is 12.4 Å². The summed E-state index contributed by atoms with van der Waals surface area (Å²) in [6, 6.07) is 9.22. The molecule has 0 spiro atoms. The third kappa shape index (κ3) is 3.75. The van der Waals surface area contributed by atoms with Crippen LogP contribution in [0, 0.1) is 0 Å². The highest BCUT2D eigenvalue weighted by molar-refractivity contribution is 5.78. The molecule has 1 fully saturated rings. The van der Waals surface area contributed by atoms with Gasteiger partial charge in [-0.25, -0.2) is 0 Å². The molecule has 1 aliphatic rings. The van der Waals surface area contributed by atoms with Crippen molar-refractivity contribution in [2.75, 3.05) is 13.2 Å². The van der Waals surface area contributed by atoms with Crippen molar-refractivity contribution in [2.45, 2.75) is 45.1 Å². The Labute approximate surface area is 141 Å². The number of carbonyl (C=O) groups is 1. The number of rotatable bonds is 5. The molecule has 0 N–H and O–H groups in total. The summed E-state index contributed by atoms with van der Waals surface area (Å²) in [6.45, 7) is 4.75. The average molecular weight is 329 g/mol. The zero-order valence-electron chi connectivity index (χ0n) is 14.1. The van der Waals surface area contributed by atoms with Crippen LogP contribution in [0.1, 0.15) is 56.8 Å². The van der Waals surface area contributed by atoms with E-state index < -0.39 is 0 Å².